The van der Waals surface area contributed by atoms with Crippen LogP contribution in [0.15, 0.2) is 0 Å². The van der Waals surface area contributed by atoms with Crippen molar-refractivity contribution < 1.29 is 19.4 Å². The highest BCUT2D eigenvalue weighted by Crippen LogP contribution is 2.12. The molecule has 0 aromatic heterocycles. The van der Waals surface area contributed by atoms with Crippen molar-refractivity contribution >= 4 is 11.9 Å². The van der Waals surface area contributed by atoms with Gasteiger partial charge in [-0.15, -0.1) is 0 Å². The van der Waals surface area contributed by atoms with Crippen molar-refractivity contribution in [2.45, 2.75) is 38.5 Å². The Hall–Kier alpha value is -1.10. The molecule has 0 bridgehead atoms. The molecule has 5 heteroatoms. The van der Waals surface area contributed by atoms with Crippen molar-refractivity contribution in [3.05, 3.63) is 0 Å². The van der Waals surface area contributed by atoms with Crippen LogP contribution in [-0.2, 0) is 14.3 Å². The summed E-state index contributed by atoms with van der Waals surface area (Å²) in [4.78, 5) is 21.7. The van der Waals surface area contributed by atoms with E-state index in [1.165, 1.54) is 0 Å². The van der Waals surface area contributed by atoms with Crippen molar-refractivity contribution in [1.82, 2.24) is 5.32 Å². The maximum atomic E-state index is 11.4. The number of rotatable bonds is 7. The van der Waals surface area contributed by atoms with Crippen molar-refractivity contribution in [3.63, 3.8) is 0 Å². The average Bonchev–Trinajstić information content (AvgIpc) is 2.33. The zero-order chi connectivity index (χ0) is 12.5. The molecule has 2 N–H and O–H groups in total. The molecule has 17 heavy (non-hydrogen) atoms. The smallest absolute Gasteiger partial charge is 0.303 e. The lowest BCUT2D eigenvalue weighted by Crippen LogP contribution is -2.33. The topological polar surface area (TPSA) is 75.6 Å². The molecule has 1 amide bonds. The first-order chi connectivity index (χ1) is 8.18. The second kappa shape index (κ2) is 8.06. The molecule has 0 unspecified atom stereocenters. The van der Waals surface area contributed by atoms with E-state index in [4.69, 9.17) is 9.84 Å². The van der Waals surface area contributed by atoms with Crippen LogP contribution in [0.4, 0.5) is 0 Å². The molecular weight excluding hydrogens is 222 g/mol. The van der Waals surface area contributed by atoms with Crippen LogP contribution in [0.2, 0.25) is 0 Å². The molecule has 0 aliphatic carbocycles. The van der Waals surface area contributed by atoms with E-state index in [9.17, 15) is 9.59 Å². The van der Waals surface area contributed by atoms with Crippen molar-refractivity contribution in [2.24, 2.45) is 5.92 Å². The molecule has 0 saturated carbocycles. The molecule has 1 saturated heterocycles. The van der Waals surface area contributed by atoms with Crippen LogP contribution in [0, 0.1) is 5.92 Å². The molecule has 0 spiro atoms. The number of ether oxygens (including phenoxy) is 1. The molecule has 0 aromatic carbocycles. The Morgan fingerprint density at radius 2 is 2.06 bits per heavy atom. The second-order valence-corrected chi connectivity index (χ2v) is 4.49. The molecule has 98 valence electrons. The van der Waals surface area contributed by atoms with E-state index in [1.807, 2.05) is 0 Å². The summed E-state index contributed by atoms with van der Waals surface area (Å²) >= 11 is 0. The molecule has 1 heterocycles. The minimum atomic E-state index is -0.801. The predicted octanol–water partition coefficient (Wildman–Crippen LogP) is 1.17. The molecule has 1 aliphatic heterocycles. The minimum absolute atomic E-state index is 0.0148. The second-order valence-electron chi connectivity index (χ2n) is 4.49. The van der Waals surface area contributed by atoms with Gasteiger partial charge in [0.1, 0.15) is 0 Å². The molecule has 5 nitrogen and oxygen atoms in total. The summed E-state index contributed by atoms with van der Waals surface area (Å²) in [7, 11) is 0. The maximum absolute atomic E-state index is 11.4. The molecule has 1 atom stereocenters. The molecule has 0 radical (unpaired) electrons. The van der Waals surface area contributed by atoms with Crippen LogP contribution < -0.4 is 5.32 Å². The lowest BCUT2D eigenvalue weighted by Gasteiger charge is -2.22. The van der Waals surface area contributed by atoms with Gasteiger partial charge in [0.25, 0.3) is 0 Å². The fourth-order valence-corrected chi connectivity index (χ4v) is 1.88. The number of amides is 1. The van der Waals surface area contributed by atoms with Crippen LogP contribution in [0.3, 0.4) is 0 Å². The number of hydrogen-bond acceptors (Lipinski definition) is 3. The van der Waals surface area contributed by atoms with Crippen molar-refractivity contribution in [3.8, 4) is 0 Å². The van der Waals surface area contributed by atoms with Gasteiger partial charge >= 0.3 is 5.97 Å². The number of aliphatic carboxylic acids is 1. The van der Waals surface area contributed by atoms with Gasteiger partial charge in [0, 0.05) is 26.0 Å². The Bertz CT molecular complexity index is 249. The summed E-state index contributed by atoms with van der Waals surface area (Å²) < 4.78 is 5.32. The van der Waals surface area contributed by atoms with Gasteiger partial charge < -0.3 is 15.2 Å². The summed E-state index contributed by atoms with van der Waals surface area (Å²) in [5.41, 5.74) is 0. The van der Waals surface area contributed by atoms with E-state index >= 15 is 0 Å². The van der Waals surface area contributed by atoms with Gasteiger partial charge in [-0.1, -0.05) is 0 Å². The SMILES string of the molecule is O=C(O)CCCCC(=O)NC[C@@H]1CCCOC1. The van der Waals surface area contributed by atoms with Gasteiger partial charge in [0.05, 0.1) is 6.61 Å². The average molecular weight is 243 g/mol. The third kappa shape index (κ3) is 6.94. The summed E-state index contributed by atoms with van der Waals surface area (Å²) in [5, 5.41) is 11.3. The first kappa shape index (κ1) is 14.0. The number of carboxylic acids is 1. The Kier molecular flexibility index (Phi) is 6.62. The Morgan fingerprint density at radius 3 is 2.71 bits per heavy atom. The van der Waals surface area contributed by atoms with E-state index < -0.39 is 5.97 Å². The quantitative estimate of drug-likeness (QED) is 0.658. The van der Waals surface area contributed by atoms with Crippen molar-refractivity contribution in [2.75, 3.05) is 19.8 Å². The summed E-state index contributed by atoms with van der Waals surface area (Å²) in [6, 6.07) is 0. The highest BCUT2D eigenvalue weighted by Gasteiger charge is 2.14. The lowest BCUT2D eigenvalue weighted by atomic mass is 10.0. The van der Waals surface area contributed by atoms with E-state index in [2.05, 4.69) is 5.32 Å². The number of hydrogen-bond donors (Lipinski definition) is 2. The van der Waals surface area contributed by atoms with Crippen LogP contribution >= 0.6 is 0 Å². The summed E-state index contributed by atoms with van der Waals surface area (Å²) in [6.45, 7) is 2.25. The van der Waals surface area contributed by atoms with Crippen LogP contribution in [0.5, 0.6) is 0 Å². The van der Waals surface area contributed by atoms with Crippen molar-refractivity contribution in [1.29, 1.82) is 0 Å². The van der Waals surface area contributed by atoms with Gasteiger partial charge in [0.2, 0.25) is 5.91 Å². The molecule has 1 rings (SSSR count). The third-order valence-electron chi connectivity index (χ3n) is 2.89. The van der Waals surface area contributed by atoms with Gasteiger partial charge in [-0.2, -0.15) is 0 Å². The van der Waals surface area contributed by atoms with Gasteiger partial charge in [0.15, 0.2) is 0 Å². The molecule has 0 aromatic rings. The first-order valence-corrected chi connectivity index (χ1v) is 6.24. The van der Waals surface area contributed by atoms with Gasteiger partial charge in [-0.3, -0.25) is 9.59 Å². The van der Waals surface area contributed by atoms with Gasteiger partial charge in [-0.25, -0.2) is 0 Å². The highest BCUT2D eigenvalue weighted by atomic mass is 16.5. The predicted molar refractivity (Wildman–Crippen MR) is 62.7 cm³/mol. The Morgan fingerprint density at radius 1 is 1.29 bits per heavy atom. The standard InChI is InChI=1S/C12H21NO4/c14-11(5-1-2-6-12(15)16)13-8-10-4-3-7-17-9-10/h10H,1-9H2,(H,13,14)(H,15,16)/t10-/m0/s1. The molecule has 1 fully saturated rings. The number of nitrogens with one attached hydrogen (secondary N) is 1. The Labute approximate surface area is 102 Å². The van der Waals surface area contributed by atoms with Crippen LogP contribution in [-0.4, -0.2) is 36.7 Å². The van der Waals surface area contributed by atoms with E-state index in [-0.39, 0.29) is 12.3 Å². The number of carbonyl (C=O) groups is 2. The zero-order valence-corrected chi connectivity index (χ0v) is 10.1. The largest absolute Gasteiger partial charge is 0.481 e. The van der Waals surface area contributed by atoms with E-state index in [1.54, 1.807) is 0 Å². The zero-order valence-electron chi connectivity index (χ0n) is 10.1. The summed E-state index contributed by atoms with van der Waals surface area (Å²) in [5.74, 6) is -0.350. The summed E-state index contributed by atoms with van der Waals surface area (Å²) in [6.07, 6.45) is 3.94. The minimum Gasteiger partial charge on any atom is -0.481 e. The number of unbranched alkanes of at least 4 members (excludes halogenated alkanes) is 1. The fraction of sp³-hybridized carbons (Fsp3) is 0.833. The lowest BCUT2D eigenvalue weighted by molar-refractivity contribution is -0.137. The fourth-order valence-electron chi connectivity index (χ4n) is 1.88. The Balaban J connectivity index is 1.98. The molecule has 1 aliphatic rings. The van der Waals surface area contributed by atoms with Crippen LogP contribution in [0.25, 0.3) is 0 Å². The first-order valence-electron chi connectivity index (χ1n) is 6.24. The highest BCUT2D eigenvalue weighted by molar-refractivity contribution is 5.75. The number of carboxylic acid groups (broad SMARTS) is 1. The van der Waals surface area contributed by atoms with Gasteiger partial charge in [-0.05, 0) is 31.6 Å². The monoisotopic (exact) mass is 243 g/mol. The van der Waals surface area contributed by atoms with E-state index in [0.717, 1.165) is 26.1 Å². The van der Waals surface area contributed by atoms with E-state index in [0.29, 0.717) is 31.7 Å². The normalized spacial score (nSPS) is 19.9. The molecular formula is C12H21NO4. The maximum Gasteiger partial charge on any atom is 0.303 e. The third-order valence-corrected chi connectivity index (χ3v) is 2.89. The van der Waals surface area contributed by atoms with Crippen LogP contribution in [0.1, 0.15) is 38.5 Å². The number of carbonyl (C=O) groups excluding carboxylic acids is 1.